The van der Waals surface area contributed by atoms with E-state index in [1.54, 1.807) is 11.3 Å². The Bertz CT molecular complexity index is 592. The fourth-order valence-corrected chi connectivity index (χ4v) is 4.12. The second-order valence-electron chi connectivity index (χ2n) is 4.97. The fourth-order valence-electron chi connectivity index (χ4n) is 2.35. The Morgan fingerprint density at radius 3 is 2.48 bits per heavy atom. The number of rotatable bonds is 6. The lowest BCUT2D eigenvalue weighted by atomic mass is 9.98. The van der Waals surface area contributed by atoms with E-state index in [1.165, 1.54) is 18.2 Å². The molecule has 0 aliphatic rings. The Labute approximate surface area is 136 Å². The first-order valence-electron chi connectivity index (χ1n) is 6.95. The molecule has 2 aromatic rings. The van der Waals surface area contributed by atoms with Crippen LogP contribution in [0.25, 0.3) is 0 Å². The van der Waals surface area contributed by atoms with E-state index in [2.05, 4.69) is 28.2 Å². The zero-order valence-corrected chi connectivity index (χ0v) is 14.5. The molecule has 1 nitrogen and oxygen atoms in total. The lowest BCUT2D eigenvalue weighted by Gasteiger charge is -2.19. The van der Waals surface area contributed by atoms with Crippen molar-refractivity contribution < 1.29 is 8.78 Å². The first-order chi connectivity index (χ1) is 10.0. The summed E-state index contributed by atoms with van der Waals surface area (Å²) in [6.07, 6.45) is 1.28. The first-order valence-corrected chi connectivity index (χ1v) is 8.56. The number of nitrogens with one attached hydrogen (secondary N) is 1. The third-order valence-corrected chi connectivity index (χ3v) is 4.98. The van der Waals surface area contributed by atoms with E-state index in [0.29, 0.717) is 6.42 Å². The standard InChI is InChI=1S/C16H18BrF2NS/c1-3-7-20-15(11-9-16(17)21-10(11)2)8-12-13(18)5-4-6-14(12)19/h4-6,9,15,20H,3,7-8H2,1-2H3. The summed E-state index contributed by atoms with van der Waals surface area (Å²) in [4.78, 5) is 1.16. The van der Waals surface area contributed by atoms with Crippen molar-refractivity contribution in [3.05, 3.63) is 55.7 Å². The number of benzene rings is 1. The van der Waals surface area contributed by atoms with E-state index in [0.717, 1.165) is 27.2 Å². The Balaban J connectivity index is 2.30. The van der Waals surface area contributed by atoms with Crippen molar-refractivity contribution in [2.45, 2.75) is 32.7 Å². The summed E-state index contributed by atoms with van der Waals surface area (Å²) in [6, 6.07) is 5.97. The molecule has 21 heavy (non-hydrogen) atoms. The van der Waals surface area contributed by atoms with Gasteiger partial charge in [-0.15, -0.1) is 11.3 Å². The molecule has 1 aromatic carbocycles. The molecule has 0 amide bonds. The molecule has 0 spiro atoms. The van der Waals surface area contributed by atoms with E-state index >= 15 is 0 Å². The van der Waals surface area contributed by atoms with Crippen molar-refractivity contribution in [1.29, 1.82) is 0 Å². The van der Waals surface area contributed by atoms with Crippen LogP contribution in [0.15, 0.2) is 28.1 Å². The lowest BCUT2D eigenvalue weighted by molar-refractivity contribution is 0.489. The quantitative estimate of drug-likeness (QED) is 0.716. The van der Waals surface area contributed by atoms with E-state index in [-0.39, 0.29) is 11.6 Å². The predicted molar refractivity (Wildman–Crippen MR) is 87.9 cm³/mol. The summed E-state index contributed by atoms with van der Waals surface area (Å²) in [7, 11) is 0. The molecule has 5 heteroatoms. The van der Waals surface area contributed by atoms with Crippen LogP contribution in [0.3, 0.4) is 0 Å². The van der Waals surface area contributed by atoms with Crippen LogP contribution >= 0.6 is 27.3 Å². The molecule has 0 saturated carbocycles. The molecule has 114 valence electrons. The SMILES string of the molecule is CCCNC(Cc1c(F)cccc1F)c1cc(Br)sc1C. The highest BCUT2D eigenvalue weighted by atomic mass is 79.9. The molecule has 0 aliphatic carbocycles. The lowest BCUT2D eigenvalue weighted by Crippen LogP contribution is -2.25. The molecule has 1 aromatic heterocycles. The third-order valence-electron chi connectivity index (χ3n) is 3.41. The van der Waals surface area contributed by atoms with E-state index in [4.69, 9.17) is 0 Å². The van der Waals surface area contributed by atoms with Crippen molar-refractivity contribution >= 4 is 27.3 Å². The zero-order valence-electron chi connectivity index (χ0n) is 12.1. The van der Waals surface area contributed by atoms with Crippen LogP contribution in [-0.2, 0) is 6.42 Å². The number of aryl methyl sites for hydroxylation is 1. The summed E-state index contributed by atoms with van der Waals surface area (Å²) in [5, 5.41) is 3.40. The molecule has 1 N–H and O–H groups in total. The van der Waals surface area contributed by atoms with Gasteiger partial charge in [0.1, 0.15) is 11.6 Å². The number of hydrogen-bond donors (Lipinski definition) is 1. The van der Waals surface area contributed by atoms with Crippen molar-refractivity contribution in [3.63, 3.8) is 0 Å². The van der Waals surface area contributed by atoms with Gasteiger partial charge in [-0.3, -0.25) is 0 Å². The van der Waals surface area contributed by atoms with Gasteiger partial charge in [-0.2, -0.15) is 0 Å². The van der Waals surface area contributed by atoms with Crippen LogP contribution < -0.4 is 5.32 Å². The van der Waals surface area contributed by atoms with Crippen molar-refractivity contribution in [2.75, 3.05) is 6.54 Å². The highest BCUT2D eigenvalue weighted by Gasteiger charge is 2.20. The van der Waals surface area contributed by atoms with Crippen LogP contribution in [0.4, 0.5) is 8.78 Å². The summed E-state index contributed by atoms with van der Waals surface area (Å²) in [6.45, 7) is 4.92. The minimum Gasteiger partial charge on any atom is -0.310 e. The summed E-state index contributed by atoms with van der Waals surface area (Å²) in [5.74, 6) is -0.963. The molecular weight excluding hydrogens is 356 g/mol. The van der Waals surface area contributed by atoms with Crippen molar-refractivity contribution in [1.82, 2.24) is 5.32 Å². The van der Waals surface area contributed by atoms with Gasteiger partial charge < -0.3 is 5.32 Å². The maximum Gasteiger partial charge on any atom is 0.129 e. The van der Waals surface area contributed by atoms with Gasteiger partial charge in [-0.1, -0.05) is 13.0 Å². The molecule has 0 bridgehead atoms. The first kappa shape index (κ1) is 16.6. The van der Waals surface area contributed by atoms with Gasteiger partial charge >= 0.3 is 0 Å². The van der Waals surface area contributed by atoms with Gasteiger partial charge in [-0.25, -0.2) is 8.78 Å². The molecule has 0 radical (unpaired) electrons. The average Bonchev–Trinajstić information content (AvgIpc) is 2.76. The highest BCUT2D eigenvalue weighted by Crippen LogP contribution is 2.32. The number of hydrogen-bond acceptors (Lipinski definition) is 2. The van der Waals surface area contributed by atoms with Crippen LogP contribution in [0, 0.1) is 18.6 Å². The fraction of sp³-hybridized carbons (Fsp3) is 0.375. The Morgan fingerprint density at radius 2 is 1.95 bits per heavy atom. The maximum atomic E-state index is 13.9. The molecule has 1 unspecified atom stereocenters. The average molecular weight is 374 g/mol. The molecule has 1 heterocycles. The minimum atomic E-state index is -0.481. The smallest absolute Gasteiger partial charge is 0.129 e. The van der Waals surface area contributed by atoms with Crippen molar-refractivity contribution in [3.8, 4) is 0 Å². The number of halogens is 3. The zero-order chi connectivity index (χ0) is 15.4. The maximum absolute atomic E-state index is 13.9. The summed E-state index contributed by atoms with van der Waals surface area (Å²) in [5.41, 5.74) is 1.25. The summed E-state index contributed by atoms with van der Waals surface area (Å²) < 4.78 is 28.8. The van der Waals surface area contributed by atoms with Gasteiger partial charge in [-0.05, 0) is 66.0 Å². The van der Waals surface area contributed by atoms with Crippen LogP contribution in [0.1, 0.15) is 35.4 Å². The second-order valence-corrected chi connectivity index (χ2v) is 7.61. The molecule has 2 rings (SSSR count). The van der Waals surface area contributed by atoms with Gasteiger partial charge in [0.05, 0.1) is 3.79 Å². The van der Waals surface area contributed by atoms with Crippen LogP contribution in [0.5, 0.6) is 0 Å². The van der Waals surface area contributed by atoms with Crippen LogP contribution in [0.2, 0.25) is 0 Å². The largest absolute Gasteiger partial charge is 0.310 e. The molecule has 1 atom stereocenters. The van der Waals surface area contributed by atoms with Gasteiger partial charge in [0, 0.05) is 16.5 Å². The van der Waals surface area contributed by atoms with E-state index in [1.807, 2.05) is 13.0 Å². The predicted octanol–water partition coefficient (Wildman–Crippen LogP) is 5.38. The molecule has 0 saturated heterocycles. The van der Waals surface area contributed by atoms with E-state index in [9.17, 15) is 8.78 Å². The Kier molecular flexibility index (Phi) is 5.90. The Hall–Kier alpha value is -0.780. The van der Waals surface area contributed by atoms with Crippen molar-refractivity contribution in [2.24, 2.45) is 0 Å². The third kappa shape index (κ3) is 4.11. The topological polar surface area (TPSA) is 12.0 Å². The minimum absolute atomic E-state index is 0.0844. The highest BCUT2D eigenvalue weighted by molar-refractivity contribution is 9.11. The normalized spacial score (nSPS) is 12.6. The second kappa shape index (κ2) is 7.47. The molecule has 0 aliphatic heterocycles. The van der Waals surface area contributed by atoms with E-state index < -0.39 is 11.6 Å². The van der Waals surface area contributed by atoms with Crippen LogP contribution in [-0.4, -0.2) is 6.54 Å². The summed E-state index contributed by atoms with van der Waals surface area (Å²) >= 11 is 5.12. The molecular formula is C16H18BrF2NS. The Morgan fingerprint density at radius 1 is 1.29 bits per heavy atom. The van der Waals surface area contributed by atoms with Gasteiger partial charge in [0.25, 0.3) is 0 Å². The van der Waals surface area contributed by atoms with Gasteiger partial charge in [0.2, 0.25) is 0 Å². The van der Waals surface area contributed by atoms with Gasteiger partial charge in [0.15, 0.2) is 0 Å². The number of thiophene rings is 1. The monoisotopic (exact) mass is 373 g/mol. The molecule has 0 fully saturated rings.